The lowest BCUT2D eigenvalue weighted by atomic mass is 9.84. The molecule has 0 aliphatic carbocycles. The molecule has 32 heavy (non-hydrogen) atoms. The molecule has 0 saturated carbocycles. The van der Waals surface area contributed by atoms with E-state index in [1.54, 1.807) is 19.2 Å². The molecular formula is C24H20FN5OS. The molecule has 0 spiro atoms. The minimum Gasteiger partial charge on any atom is -0.369 e. The first-order valence-corrected chi connectivity index (χ1v) is 11.0. The normalized spacial score (nSPS) is 22.5. The highest BCUT2D eigenvalue weighted by Gasteiger charge is 2.56. The Hall–Kier alpha value is -3.70. The first kappa shape index (κ1) is 20.2. The number of nitrogens with two attached hydrogens (primary N) is 1. The molecule has 2 aromatic carbocycles. The maximum atomic E-state index is 13.8. The summed E-state index contributed by atoms with van der Waals surface area (Å²) < 4.78 is 13.8. The third kappa shape index (κ3) is 3.05. The predicted molar refractivity (Wildman–Crippen MR) is 123 cm³/mol. The standard InChI is InChI=1S/C24H20FN5OS/c1-29-22(31)18-13-30(17-5-3-2-4-6-17)14-24(18,28-23(29)27)21-10-9-20(32-21)15-7-8-19(25)16(11-15)12-26/h2-11,18H,13-14H2,1H3,(H2,27,28). The zero-order valence-corrected chi connectivity index (χ0v) is 18.1. The number of hydrogen-bond donors (Lipinski definition) is 1. The maximum absolute atomic E-state index is 13.8. The number of carbonyl (C=O) groups is 1. The Labute approximate surface area is 189 Å². The number of amides is 1. The fourth-order valence-corrected chi connectivity index (χ4v) is 5.67. The number of para-hydroxylation sites is 1. The van der Waals surface area contributed by atoms with Crippen molar-refractivity contribution in [3.8, 4) is 16.5 Å². The molecule has 2 aliphatic heterocycles. The molecule has 2 unspecified atom stereocenters. The highest BCUT2D eigenvalue weighted by atomic mass is 32.1. The molecule has 1 saturated heterocycles. The smallest absolute Gasteiger partial charge is 0.236 e. The summed E-state index contributed by atoms with van der Waals surface area (Å²) in [5, 5.41) is 9.18. The molecule has 2 N–H and O–H groups in total. The minimum absolute atomic E-state index is 0.00124. The van der Waals surface area contributed by atoms with Crippen LogP contribution in [-0.2, 0) is 10.3 Å². The van der Waals surface area contributed by atoms with Gasteiger partial charge in [-0.1, -0.05) is 24.3 Å². The number of aliphatic imine (C=N–C) groups is 1. The van der Waals surface area contributed by atoms with Gasteiger partial charge in [0.05, 0.1) is 11.5 Å². The molecule has 2 aliphatic rings. The summed E-state index contributed by atoms with van der Waals surface area (Å²) >= 11 is 1.50. The van der Waals surface area contributed by atoms with Crippen LogP contribution in [-0.4, -0.2) is 36.9 Å². The first-order valence-electron chi connectivity index (χ1n) is 10.2. The molecule has 2 atom stereocenters. The fourth-order valence-electron chi connectivity index (χ4n) is 4.49. The number of fused-ring (bicyclic) bond motifs is 1. The van der Waals surface area contributed by atoms with Crippen molar-refractivity contribution in [2.24, 2.45) is 16.6 Å². The number of benzene rings is 2. The van der Waals surface area contributed by atoms with Gasteiger partial charge in [-0.3, -0.25) is 9.69 Å². The number of carbonyl (C=O) groups excluding carboxylic acids is 1. The van der Waals surface area contributed by atoms with Gasteiger partial charge in [-0.05, 0) is 42.0 Å². The number of thiophene rings is 1. The summed E-state index contributed by atoms with van der Waals surface area (Å²) in [5.41, 5.74) is 7.15. The fraction of sp³-hybridized carbons (Fsp3) is 0.208. The van der Waals surface area contributed by atoms with Crippen molar-refractivity contribution in [3.63, 3.8) is 0 Å². The van der Waals surface area contributed by atoms with Gasteiger partial charge in [-0.15, -0.1) is 11.3 Å². The number of anilines is 1. The molecular weight excluding hydrogens is 425 g/mol. The Morgan fingerprint density at radius 1 is 1.22 bits per heavy atom. The van der Waals surface area contributed by atoms with Crippen LogP contribution in [0.3, 0.4) is 0 Å². The van der Waals surface area contributed by atoms with E-state index in [1.807, 2.05) is 48.5 Å². The topological polar surface area (TPSA) is 85.7 Å². The summed E-state index contributed by atoms with van der Waals surface area (Å²) in [6.45, 7) is 1.06. The van der Waals surface area contributed by atoms with E-state index in [2.05, 4.69) is 4.90 Å². The van der Waals surface area contributed by atoms with E-state index in [4.69, 9.17) is 10.7 Å². The summed E-state index contributed by atoms with van der Waals surface area (Å²) in [6.07, 6.45) is 0. The van der Waals surface area contributed by atoms with E-state index in [-0.39, 0.29) is 23.3 Å². The maximum Gasteiger partial charge on any atom is 0.236 e. The van der Waals surface area contributed by atoms with Crippen LogP contribution in [0.1, 0.15) is 10.4 Å². The monoisotopic (exact) mass is 445 g/mol. The summed E-state index contributed by atoms with van der Waals surface area (Å²) in [6, 6.07) is 20.2. The van der Waals surface area contributed by atoms with Gasteiger partial charge in [0.25, 0.3) is 0 Å². The second kappa shape index (κ2) is 7.46. The molecule has 0 radical (unpaired) electrons. The molecule has 3 aromatic rings. The molecule has 8 heteroatoms. The van der Waals surface area contributed by atoms with Crippen molar-refractivity contribution >= 4 is 28.9 Å². The lowest BCUT2D eigenvalue weighted by Crippen LogP contribution is -2.54. The average molecular weight is 446 g/mol. The highest BCUT2D eigenvalue weighted by molar-refractivity contribution is 7.15. The second-order valence-electron chi connectivity index (χ2n) is 8.03. The third-order valence-corrected chi connectivity index (χ3v) is 7.52. The lowest BCUT2D eigenvalue weighted by Gasteiger charge is -2.36. The van der Waals surface area contributed by atoms with Crippen LogP contribution < -0.4 is 10.6 Å². The largest absolute Gasteiger partial charge is 0.369 e. The van der Waals surface area contributed by atoms with Crippen LogP contribution in [0.4, 0.5) is 10.1 Å². The number of nitriles is 1. The van der Waals surface area contributed by atoms with E-state index in [0.29, 0.717) is 13.1 Å². The number of halogens is 1. The van der Waals surface area contributed by atoms with E-state index < -0.39 is 11.4 Å². The van der Waals surface area contributed by atoms with Crippen molar-refractivity contribution in [1.29, 1.82) is 5.26 Å². The van der Waals surface area contributed by atoms with Gasteiger partial charge in [0, 0.05) is 35.6 Å². The summed E-state index contributed by atoms with van der Waals surface area (Å²) in [7, 11) is 1.65. The molecule has 3 heterocycles. The zero-order chi connectivity index (χ0) is 22.5. The van der Waals surface area contributed by atoms with E-state index in [1.165, 1.54) is 22.3 Å². The Kier molecular flexibility index (Phi) is 4.72. The average Bonchev–Trinajstić information content (AvgIpc) is 3.45. The lowest BCUT2D eigenvalue weighted by molar-refractivity contribution is -0.132. The number of nitrogens with zero attached hydrogens (tertiary/aromatic N) is 4. The Bertz CT molecular complexity index is 1280. The number of rotatable bonds is 3. The van der Waals surface area contributed by atoms with Gasteiger partial charge in [-0.25, -0.2) is 9.38 Å². The molecule has 6 nitrogen and oxygen atoms in total. The van der Waals surface area contributed by atoms with Crippen LogP contribution in [0.25, 0.3) is 10.4 Å². The molecule has 1 aromatic heterocycles. The van der Waals surface area contributed by atoms with Gasteiger partial charge in [0.1, 0.15) is 17.4 Å². The molecule has 5 rings (SSSR count). The minimum atomic E-state index is -0.801. The first-order chi connectivity index (χ1) is 15.4. The van der Waals surface area contributed by atoms with Gasteiger partial charge in [0.15, 0.2) is 5.96 Å². The number of hydrogen-bond acceptors (Lipinski definition) is 6. The van der Waals surface area contributed by atoms with E-state index >= 15 is 0 Å². The SMILES string of the molecule is CN1C(=O)C2CN(c3ccccc3)CC2(c2ccc(-c3ccc(F)c(C#N)c3)s2)N=C1N. The van der Waals surface area contributed by atoms with Gasteiger partial charge >= 0.3 is 0 Å². The van der Waals surface area contributed by atoms with E-state index in [0.717, 1.165) is 21.0 Å². The van der Waals surface area contributed by atoms with Crippen LogP contribution in [0.5, 0.6) is 0 Å². The second-order valence-corrected chi connectivity index (χ2v) is 9.11. The third-order valence-electron chi connectivity index (χ3n) is 6.22. The highest BCUT2D eigenvalue weighted by Crippen LogP contribution is 2.48. The van der Waals surface area contributed by atoms with Crippen molar-refractivity contribution in [3.05, 3.63) is 76.9 Å². The molecule has 0 bridgehead atoms. The zero-order valence-electron chi connectivity index (χ0n) is 17.3. The summed E-state index contributed by atoms with van der Waals surface area (Å²) in [4.78, 5) is 23.5. The van der Waals surface area contributed by atoms with Crippen LogP contribution >= 0.6 is 11.3 Å². The van der Waals surface area contributed by atoms with Gasteiger partial charge < -0.3 is 10.6 Å². The van der Waals surface area contributed by atoms with Gasteiger partial charge in [0.2, 0.25) is 5.91 Å². The Morgan fingerprint density at radius 2 is 2.00 bits per heavy atom. The van der Waals surface area contributed by atoms with Crippen molar-refractivity contribution < 1.29 is 9.18 Å². The molecule has 1 amide bonds. The van der Waals surface area contributed by atoms with Crippen molar-refractivity contribution in [2.75, 3.05) is 25.0 Å². The molecule has 160 valence electrons. The van der Waals surface area contributed by atoms with Crippen LogP contribution in [0.15, 0.2) is 65.7 Å². The van der Waals surface area contributed by atoms with Gasteiger partial charge in [-0.2, -0.15) is 5.26 Å². The summed E-state index contributed by atoms with van der Waals surface area (Å²) in [5.74, 6) is -0.780. The number of guanidine groups is 1. The molecule has 1 fully saturated rings. The Morgan fingerprint density at radius 3 is 2.75 bits per heavy atom. The Balaban J connectivity index is 1.60. The van der Waals surface area contributed by atoms with Crippen molar-refractivity contribution in [2.45, 2.75) is 5.54 Å². The quantitative estimate of drug-likeness (QED) is 0.668. The van der Waals surface area contributed by atoms with Crippen molar-refractivity contribution in [1.82, 2.24) is 4.90 Å². The van der Waals surface area contributed by atoms with Crippen LogP contribution in [0, 0.1) is 23.1 Å². The van der Waals surface area contributed by atoms with Crippen LogP contribution in [0.2, 0.25) is 0 Å². The van der Waals surface area contributed by atoms with E-state index in [9.17, 15) is 14.4 Å². The predicted octanol–water partition coefficient (Wildman–Crippen LogP) is 3.54.